The fourth-order valence-electron chi connectivity index (χ4n) is 2.24. The van der Waals surface area contributed by atoms with Crippen molar-refractivity contribution in [2.45, 2.75) is 19.6 Å². The molecule has 0 saturated heterocycles. The number of aryl methyl sites for hydroxylation is 1. The van der Waals surface area contributed by atoms with Gasteiger partial charge in [-0.3, -0.25) is 0 Å². The lowest BCUT2D eigenvalue weighted by Gasteiger charge is -2.11. The van der Waals surface area contributed by atoms with Crippen LogP contribution < -0.4 is 5.73 Å². The second-order valence-electron chi connectivity index (χ2n) is 4.85. The molecule has 0 amide bonds. The Kier molecular flexibility index (Phi) is 3.16. The first-order valence-corrected chi connectivity index (χ1v) is 7.15. The highest BCUT2D eigenvalue weighted by Crippen LogP contribution is 2.33. The second kappa shape index (κ2) is 4.77. The van der Waals surface area contributed by atoms with Crippen LogP contribution in [0.4, 0.5) is 18.9 Å². The van der Waals surface area contributed by atoms with Crippen molar-refractivity contribution in [1.82, 2.24) is 9.55 Å². The number of nitrogens with two attached hydrogens (primary N) is 1. The van der Waals surface area contributed by atoms with Crippen molar-refractivity contribution >= 4 is 28.1 Å². The highest BCUT2D eigenvalue weighted by molar-refractivity contribution is 7.08. The van der Waals surface area contributed by atoms with Crippen LogP contribution in [0.15, 0.2) is 29.0 Å². The second-order valence-corrected chi connectivity index (χ2v) is 5.59. The predicted molar refractivity (Wildman–Crippen MR) is 77.3 cm³/mol. The van der Waals surface area contributed by atoms with Crippen LogP contribution in [0.3, 0.4) is 0 Å². The smallest absolute Gasteiger partial charge is 0.399 e. The third-order valence-electron chi connectivity index (χ3n) is 3.32. The Hall–Kier alpha value is -2.02. The summed E-state index contributed by atoms with van der Waals surface area (Å²) in [5, 5.41) is 3.78. The maximum atomic E-state index is 13.2. The first-order chi connectivity index (χ1) is 9.86. The van der Waals surface area contributed by atoms with Crippen LogP contribution in [0.25, 0.3) is 11.0 Å². The van der Waals surface area contributed by atoms with Crippen molar-refractivity contribution in [2.24, 2.45) is 0 Å². The molecule has 21 heavy (non-hydrogen) atoms. The van der Waals surface area contributed by atoms with Crippen LogP contribution >= 0.6 is 11.3 Å². The van der Waals surface area contributed by atoms with Gasteiger partial charge in [0, 0.05) is 5.69 Å². The molecule has 2 aromatic heterocycles. The maximum Gasteiger partial charge on any atom is 0.449 e. The lowest BCUT2D eigenvalue weighted by molar-refractivity contribution is -0.146. The van der Waals surface area contributed by atoms with Crippen LogP contribution in [0, 0.1) is 6.92 Å². The molecule has 0 atom stereocenters. The van der Waals surface area contributed by atoms with E-state index in [-0.39, 0.29) is 12.1 Å². The van der Waals surface area contributed by atoms with Gasteiger partial charge in [0.05, 0.1) is 17.6 Å². The largest absolute Gasteiger partial charge is 0.449 e. The molecular formula is C14H12F3N3S. The van der Waals surface area contributed by atoms with E-state index in [0.29, 0.717) is 11.2 Å². The molecule has 0 saturated carbocycles. The molecule has 2 heterocycles. The van der Waals surface area contributed by atoms with E-state index in [0.717, 1.165) is 11.1 Å². The summed E-state index contributed by atoms with van der Waals surface area (Å²) in [6.07, 6.45) is -4.50. The number of fused-ring (bicyclic) bond motifs is 1. The van der Waals surface area contributed by atoms with E-state index in [1.807, 2.05) is 17.7 Å². The summed E-state index contributed by atoms with van der Waals surface area (Å²) in [5.41, 5.74) is 8.55. The van der Waals surface area contributed by atoms with Crippen LogP contribution in [0.2, 0.25) is 0 Å². The average Bonchev–Trinajstić information content (AvgIpc) is 2.94. The van der Waals surface area contributed by atoms with Gasteiger partial charge in [0.25, 0.3) is 0 Å². The molecule has 0 fully saturated rings. The molecule has 1 aromatic carbocycles. The molecule has 110 valence electrons. The van der Waals surface area contributed by atoms with E-state index in [1.165, 1.54) is 22.0 Å². The Morgan fingerprint density at radius 2 is 2.05 bits per heavy atom. The Bertz CT molecular complexity index is 801. The van der Waals surface area contributed by atoms with Gasteiger partial charge in [-0.1, -0.05) is 0 Å². The summed E-state index contributed by atoms with van der Waals surface area (Å²) in [6, 6.07) is 4.62. The zero-order valence-electron chi connectivity index (χ0n) is 11.1. The number of nitrogens with zero attached hydrogens (tertiary/aromatic N) is 2. The molecule has 0 aliphatic rings. The van der Waals surface area contributed by atoms with E-state index in [2.05, 4.69) is 4.98 Å². The van der Waals surface area contributed by atoms with Gasteiger partial charge in [-0.15, -0.1) is 0 Å². The molecule has 0 aliphatic carbocycles. The molecule has 0 bridgehead atoms. The molecule has 0 radical (unpaired) electrons. The minimum absolute atomic E-state index is 0.143. The first kappa shape index (κ1) is 13.9. The standard InChI is InChI=1S/C14H12F3N3S/c1-8-6-21-7-9(8)5-20-12-3-2-10(18)4-11(12)19-13(20)14(15,16)17/h2-4,6-7H,5,18H2,1H3. The Morgan fingerprint density at radius 1 is 1.29 bits per heavy atom. The molecular weight excluding hydrogens is 299 g/mol. The Balaban J connectivity index is 2.20. The average molecular weight is 311 g/mol. The number of rotatable bonds is 2. The number of alkyl halides is 3. The van der Waals surface area contributed by atoms with Gasteiger partial charge in [0.1, 0.15) is 0 Å². The number of hydrogen-bond donors (Lipinski definition) is 1. The van der Waals surface area contributed by atoms with E-state index in [4.69, 9.17) is 5.73 Å². The Labute approximate surface area is 122 Å². The molecule has 0 spiro atoms. The van der Waals surface area contributed by atoms with Gasteiger partial charge in [-0.25, -0.2) is 4.98 Å². The Morgan fingerprint density at radius 3 is 2.67 bits per heavy atom. The minimum Gasteiger partial charge on any atom is -0.399 e. The normalized spacial score (nSPS) is 12.2. The number of aromatic nitrogens is 2. The maximum absolute atomic E-state index is 13.2. The number of halogens is 3. The van der Waals surface area contributed by atoms with Gasteiger partial charge in [-0.05, 0) is 47.0 Å². The van der Waals surface area contributed by atoms with E-state index in [9.17, 15) is 13.2 Å². The molecule has 7 heteroatoms. The van der Waals surface area contributed by atoms with Crippen LogP contribution in [-0.4, -0.2) is 9.55 Å². The predicted octanol–water partition coefficient (Wildman–Crippen LogP) is 4.06. The topological polar surface area (TPSA) is 43.8 Å². The number of thiophene rings is 1. The van der Waals surface area contributed by atoms with Gasteiger partial charge in [0.2, 0.25) is 5.82 Å². The summed E-state index contributed by atoms with van der Waals surface area (Å²) < 4.78 is 40.8. The van der Waals surface area contributed by atoms with Crippen LogP contribution in [0.1, 0.15) is 17.0 Å². The summed E-state index contributed by atoms with van der Waals surface area (Å²) >= 11 is 1.47. The van der Waals surface area contributed by atoms with Crippen molar-refractivity contribution in [3.63, 3.8) is 0 Å². The highest BCUT2D eigenvalue weighted by atomic mass is 32.1. The quantitative estimate of drug-likeness (QED) is 0.725. The van der Waals surface area contributed by atoms with Gasteiger partial charge >= 0.3 is 6.18 Å². The van der Waals surface area contributed by atoms with Gasteiger partial charge < -0.3 is 10.3 Å². The van der Waals surface area contributed by atoms with Crippen LogP contribution in [0.5, 0.6) is 0 Å². The van der Waals surface area contributed by atoms with Crippen molar-refractivity contribution in [3.8, 4) is 0 Å². The van der Waals surface area contributed by atoms with Gasteiger partial charge in [-0.2, -0.15) is 24.5 Å². The fraction of sp³-hybridized carbons (Fsp3) is 0.214. The molecule has 2 N–H and O–H groups in total. The highest BCUT2D eigenvalue weighted by Gasteiger charge is 2.37. The zero-order chi connectivity index (χ0) is 15.2. The number of nitrogen functional groups attached to an aromatic ring is 1. The van der Waals surface area contributed by atoms with E-state index in [1.54, 1.807) is 12.1 Å². The third-order valence-corrected chi connectivity index (χ3v) is 4.23. The number of hydrogen-bond acceptors (Lipinski definition) is 3. The van der Waals surface area contributed by atoms with Crippen molar-refractivity contribution in [1.29, 1.82) is 0 Å². The monoisotopic (exact) mass is 311 g/mol. The van der Waals surface area contributed by atoms with Gasteiger partial charge in [0.15, 0.2) is 0 Å². The van der Waals surface area contributed by atoms with Crippen molar-refractivity contribution < 1.29 is 13.2 Å². The molecule has 0 unspecified atom stereocenters. The lowest BCUT2D eigenvalue weighted by atomic mass is 10.2. The number of benzene rings is 1. The minimum atomic E-state index is -4.50. The summed E-state index contributed by atoms with van der Waals surface area (Å²) in [5.74, 6) is -0.895. The van der Waals surface area contributed by atoms with E-state index < -0.39 is 12.0 Å². The molecule has 3 nitrogen and oxygen atoms in total. The molecule has 0 aliphatic heterocycles. The zero-order valence-corrected chi connectivity index (χ0v) is 11.9. The van der Waals surface area contributed by atoms with E-state index >= 15 is 0 Å². The summed E-state index contributed by atoms with van der Waals surface area (Å²) in [4.78, 5) is 3.72. The number of anilines is 1. The summed E-state index contributed by atoms with van der Waals surface area (Å²) in [7, 11) is 0. The van der Waals surface area contributed by atoms with Crippen LogP contribution in [-0.2, 0) is 12.7 Å². The molecule has 3 aromatic rings. The fourth-order valence-corrected chi connectivity index (χ4v) is 3.09. The lowest BCUT2D eigenvalue weighted by Crippen LogP contribution is -2.15. The SMILES string of the molecule is Cc1cscc1Cn1c(C(F)(F)F)nc2cc(N)ccc21. The molecule has 3 rings (SSSR count). The first-order valence-electron chi connectivity index (χ1n) is 6.21. The summed E-state index contributed by atoms with van der Waals surface area (Å²) in [6.45, 7) is 2.03. The number of imidazole rings is 1. The van der Waals surface area contributed by atoms with Crippen molar-refractivity contribution in [2.75, 3.05) is 5.73 Å². The van der Waals surface area contributed by atoms with Crippen molar-refractivity contribution in [3.05, 3.63) is 45.9 Å². The third kappa shape index (κ3) is 2.49.